The number of carbonyl (C=O) groups excluding carboxylic acids is 2. The molecule has 0 saturated carbocycles. The fraction of sp³-hybridized carbons (Fsp3) is 0.200. The zero-order valence-electron chi connectivity index (χ0n) is 14.7. The van der Waals surface area contributed by atoms with Crippen LogP contribution in [0.1, 0.15) is 22.8 Å². The lowest BCUT2D eigenvalue weighted by molar-refractivity contribution is -0.111. The van der Waals surface area contributed by atoms with Crippen LogP contribution in [-0.2, 0) is 14.3 Å². The number of esters is 1. The molecule has 0 bridgehead atoms. The first-order valence-electron chi connectivity index (χ1n) is 8.28. The molecule has 0 spiro atoms. The lowest BCUT2D eigenvalue weighted by atomic mass is 10.2. The van der Waals surface area contributed by atoms with E-state index in [2.05, 4.69) is 5.32 Å². The number of ether oxygens (including phenoxy) is 2. The lowest BCUT2D eigenvalue weighted by Crippen LogP contribution is -2.11. The number of benzene rings is 2. The van der Waals surface area contributed by atoms with Gasteiger partial charge in [0.1, 0.15) is 6.61 Å². The standard InChI is InChI=1S/C20H19Cl2NO4/c1-2-26-11-12-27-20(25)15-4-8-17(9-5-15)23-19(24)10-6-14-3-7-16(21)13-18(14)22/h3-10,13H,2,11-12H2,1H3,(H,23,24). The Labute approximate surface area is 167 Å². The molecule has 142 valence electrons. The van der Waals surface area contributed by atoms with Crippen molar-refractivity contribution in [3.05, 3.63) is 69.7 Å². The Hall–Kier alpha value is -2.34. The minimum Gasteiger partial charge on any atom is -0.460 e. The van der Waals surface area contributed by atoms with Crippen molar-refractivity contribution in [2.24, 2.45) is 0 Å². The highest BCUT2D eigenvalue weighted by atomic mass is 35.5. The van der Waals surface area contributed by atoms with Crippen molar-refractivity contribution >= 4 is 46.8 Å². The average molecular weight is 408 g/mol. The fourth-order valence-electron chi connectivity index (χ4n) is 2.10. The number of hydrogen-bond donors (Lipinski definition) is 1. The highest BCUT2D eigenvalue weighted by Crippen LogP contribution is 2.22. The van der Waals surface area contributed by atoms with Crippen LogP contribution in [0, 0.1) is 0 Å². The molecule has 1 N–H and O–H groups in total. The van der Waals surface area contributed by atoms with Crippen molar-refractivity contribution in [2.45, 2.75) is 6.92 Å². The van der Waals surface area contributed by atoms with Crippen molar-refractivity contribution < 1.29 is 19.1 Å². The van der Waals surface area contributed by atoms with Crippen molar-refractivity contribution in [1.29, 1.82) is 0 Å². The molecule has 0 heterocycles. The maximum Gasteiger partial charge on any atom is 0.338 e. The summed E-state index contributed by atoms with van der Waals surface area (Å²) in [6.45, 7) is 3.00. The van der Waals surface area contributed by atoms with Gasteiger partial charge in [0.15, 0.2) is 0 Å². The van der Waals surface area contributed by atoms with Crippen LogP contribution in [0.4, 0.5) is 5.69 Å². The monoisotopic (exact) mass is 407 g/mol. The number of hydrogen-bond acceptors (Lipinski definition) is 4. The maximum absolute atomic E-state index is 12.0. The Morgan fingerprint density at radius 2 is 1.81 bits per heavy atom. The van der Waals surface area contributed by atoms with Crippen LogP contribution in [0.5, 0.6) is 0 Å². The first-order chi connectivity index (χ1) is 13.0. The molecule has 2 rings (SSSR count). The van der Waals surface area contributed by atoms with Gasteiger partial charge in [-0.15, -0.1) is 0 Å². The Morgan fingerprint density at radius 3 is 2.48 bits per heavy atom. The van der Waals surface area contributed by atoms with E-state index < -0.39 is 5.97 Å². The summed E-state index contributed by atoms with van der Waals surface area (Å²) in [5.41, 5.74) is 1.63. The molecule has 0 aliphatic heterocycles. The van der Waals surface area contributed by atoms with Crippen molar-refractivity contribution in [3.63, 3.8) is 0 Å². The first kappa shape index (κ1) is 21.0. The number of carbonyl (C=O) groups is 2. The molecule has 0 unspecified atom stereocenters. The van der Waals surface area contributed by atoms with E-state index in [1.807, 2.05) is 6.92 Å². The van der Waals surface area contributed by atoms with Crippen LogP contribution in [-0.4, -0.2) is 31.7 Å². The fourth-order valence-corrected chi connectivity index (χ4v) is 2.57. The second-order valence-electron chi connectivity index (χ2n) is 5.40. The number of rotatable bonds is 8. The maximum atomic E-state index is 12.0. The molecule has 0 saturated heterocycles. The Morgan fingerprint density at radius 1 is 1.07 bits per heavy atom. The number of amides is 1. The van der Waals surface area contributed by atoms with Gasteiger partial charge in [0.2, 0.25) is 5.91 Å². The quantitative estimate of drug-likeness (QED) is 0.386. The van der Waals surface area contributed by atoms with Gasteiger partial charge in [0.25, 0.3) is 0 Å². The summed E-state index contributed by atoms with van der Waals surface area (Å²) in [6, 6.07) is 11.4. The minimum atomic E-state index is -0.440. The van der Waals surface area contributed by atoms with Gasteiger partial charge in [0.05, 0.1) is 12.2 Å². The van der Waals surface area contributed by atoms with Crippen molar-refractivity contribution in [3.8, 4) is 0 Å². The van der Waals surface area contributed by atoms with Gasteiger partial charge in [-0.1, -0.05) is 29.3 Å². The Balaban J connectivity index is 1.88. The van der Waals surface area contributed by atoms with E-state index in [1.54, 1.807) is 48.5 Å². The second kappa shape index (κ2) is 10.7. The van der Waals surface area contributed by atoms with Gasteiger partial charge in [-0.2, -0.15) is 0 Å². The molecular formula is C20H19Cl2NO4. The van der Waals surface area contributed by atoms with E-state index in [-0.39, 0.29) is 12.5 Å². The smallest absolute Gasteiger partial charge is 0.338 e. The average Bonchev–Trinajstić information content (AvgIpc) is 2.65. The van der Waals surface area contributed by atoms with Crippen LogP contribution in [0.2, 0.25) is 10.0 Å². The van der Waals surface area contributed by atoms with Gasteiger partial charge in [0, 0.05) is 28.4 Å². The zero-order chi connectivity index (χ0) is 19.6. The molecule has 0 fully saturated rings. The van der Waals surface area contributed by atoms with E-state index in [0.29, 0.717) is 40.1 Å². The summed E-state index contributed by atoms with van der Waals surface area (Å²) in [6.07, 6.45) is 2.96. The topological polar surface area (TPSA) is 64.6 Å². The number of nitrogens with one attached hydrogen (secondary N) is 1. The molecule has 27 heavy (non-hydrogen) atoms. The largest absolute Gasteiger partial charge is 0.460 e. The van der Waals surface area contributed by atoms with Crippen molar-refractivity contribution in [1.82, 2.24) is 0 Å². The lowest BCUT2D eigenvalue weighted by Gasteiger charge is -2.06. The van der Waals surface area contributed by atoms with E-state index in [0.717, 1.165) is 0 Å². The SMILES string of the molecule is CCOCCOC(=O)c1ccc(NC(=O)C=Cc2ccc(Cl)cc2Cl)cc1. The molecule has 2 aromatic rings. The first-order valence-corrected chi connectivity index (χ1v) is 9.04. The molecule has 1 amide bonds. The zero-order valence-corrected chi connectivity index (χ0v) is 16.2. The molecule has 0 aliphatic rings. The van der Waals surface area contributed by atoms with Crippen molar-refractivity contribution in [2.75, 3.05) is 25.1 Å². The number of halogens is 2. The van der Waals surface area contributed by atoms with E-state index in [4.69, 9.17) is 32.7 Å². The van der Waals surface area contributed by atoms with Gasteiger partial charge < -0.3 is 14.8 Å². The molecular weight excluding hydrogens is 389 g/mol. The van der Waals surface area contributed by atoms with Crippen LogP contribution in [0.15, 0.2) is 48.5 Å². The molecule has 0 aromatic heterocycles. The molecule has 0 atom stereocenters. The normalized spacial score (nSPS) is 10.8. The molecule has 5 nitrogen and oxygen atoms in total. The highest BCUT2D eigenvalue weighted by Gasteiger charge is 2.07. The Kier molecular flexibility index (Phi) is 8.33. The van der Waals surface area contributed by atoms with Gasteiger partial charge in [-0.25, -0.2) is 4.79 Å². The van der Waals surface area contributed by atoms with Crippen LogP contribution in [0.3, 0.4) is 0 Å². The summed E-state index contributed by atoms with van der Waals surface area (Å²) in [7, 11) is 0. The third-order valence-electron chi connectivity index (χ3n) is 3.43. The predicted octanol–water partition coefficient (Wildman–Crippen LogP) is 4.84. The summed E-state index contributed by atoms with van der Waals surface area (Å²) in [5, 5.41) is 3.69. The van der Waals surface area contributed by atoms with Gasteiger partial charge in [-0.3, -0.25) is 4.79 Å². The number of anilines is 1. The predicted molar refractivity (Wildman–Crippen MR) is 107 cm³/mol. The molecule has 0 aliphatic carbocycles. The van der Waals surface area contributed by atoms with Gasteiger partial charge in [-0.05, 0) is 55.0 Å². The highest BCUT2D eigenvalue weighted by molar-refractivity contribution is 6.35. The van der Waals surface area contributed by atoms with Crippen LogP contribution in [0.25, 0.3) is 6.08 Å². The van der Waals surface area contributed by atoms with E-state index in [1.165, 1.54) is 6.08 Å². The van der Waals surface area contributed by atoms with Crippen LogP contribution >= 0.6 is 23.2 Å². The summed E-state index contributed by atoms with van der Waals surface area (Å²) in [5.74, 6) is -0.766. The van der Waals surface area contributed by atoms with E-state index >= 15 is 0 Å². The summed E-state index contributed by atoms with van der Waals surface area (Å²) < 4.78 is 10.2. The summed E-state index contributed by atoms with van der Waals surface area (Å²) in [4.78, 5) is 23.9. The minimum absolute atomic E-state index is 0.198. The Bertz CT molecular complexity index is 819. The molecule has 0 radical (unpaired) electrons. The third-order valence-corrected chi connectivity index (χ3v) is 3.99. The molecule has 2 aromatic carbocycles. The second-order valence-corrected chi connectivity index (χ2v) is 6.24. The molecule has 7 heteroatoms. The van der Waals surface area contributed by atoms with Crippen LogP contribution < -0.4 is 5.32 Å². The third kappa shape index (κ3) is 7.06. The van der Waals surface area contributed by atoms with Gasteiger partial charge >= 0.3 is 5.97 Å². The summed E-state index contributed by atoms with van der Waals surface area (Å²) >= 11 is 11.9. The van der Waals surface area contributed by atoms with E-state index in [9.17, 15) is 9.59 Å².